The number of benzene rings is 1. The third-order valence-corrected chi connectivity index (χ3v) is 3.74. The van der Waals surface area contributed by atoms with E-state index < -0.39 is 0 Å². The van der Waals surface area contributed by atoms with E-state index in [-0.39, 0.29) is 0 Å². The first kappa shape index (κ1) is 13.2. The van der Waals surface area contributed by atoms with Crippen molar-refractivity contribution in [1.82, 2.24) is 20.5 Å². The minimum Gasteiger partial charge on any atom is -0.338 e. The average molecular weight is 271 g/mol. The van der Waals surface area contributed by atoms with Crippen LogP contribution in [0.2, 0.25) is 0 Å². The molecule has 1 N–H and O–H groups in total. The maximum atomic E-state index is 4.64. The van der Waals surface area contributed by atoms with E-state index in [0.29, 0.717) is 6.04 Å². The molecule has 0 amide bonds. The second kappa shape index (κ2) is 6.13. The van der Waals surface area contributed by atoms with Crippen molar-refractivity contribution in [2.75, 3.05) is 24.5 Å². The Hall–Kier alpha value is -1.75. The standard InChI is InChI=1S/C15H21N5/c1-2-9-16-12-6-5-10-20(11-12)15-17-13-7-3-4-8-14(13)18-19-15/h3-4,7-8,12,16H,2,5-6,9-11H2,1H3. The predicted molar refractivity (Wildman–Crippen MR) is 80.9 cm³/mol. The SMILES string of the molecule is CCCNC1CCCN(c2nnc3ccccc3n2)C1. The zero-order valence-corrected chi connectivity index (χ0v) is 11.9. The maximum Gasteiger partial charge on any atom is 0.245 e. The quantitative estimate of drug-likeness (QED) is 0.921. The molecule has 1 fully saturated rings. The van der Waals surface area contributed by atoms with E-state index in [1.165, 1.54) is 19.3 Å². The molecule has 5 heteroatoms. The first-order valence-electron chi connectivity index (χ1n) is 7.44. The lowest BCUT2D eigenvalue weighted by molar-refractivity contribution is 0.419. The van der Waals surface area contributed by atoms with Crippen LogP contribution < -0.4 is 10.2 Å². The fourth-order valence-electron chi connectivity index (χ4n) is 2.68. The van der Waals surface area contributed by atoms with E-state index >= 15 is 0 Å². The highest BCUT2D eigenvalue weighted by molar-refractivity contribution is 5.74. The van der Waals surface area contributed by atoms with Gasteiger partial charge in [-0.05, 0) is 37.9 Å². The van der Waals surface area contributed by atoms with E-state index in [4.69, 9.17) is 0 Å². The zero-order chi connectivity index (χ0) is 13.8. The largest absolute Gasteiger partial charge is 0.338 e. The topological polar surface area (TPSA) is 53.9 Å². The highest BCUT2D eigenvalue weighted by Crippen LogP contribution is 2.17. The molecule has 1 aliphatic rings. The molecule has 2 aromatic rings. The Bertz CT molecular complexity index is 571. The molecule has 0 bridgehead atoms. The Morgan fingerprint density at radius 2 is 2.10 bits per heavy atom. The molecule has 1 aliphatic heterocycles. The molecule has 20 heavy (non-hydrogen) atoms. The molecular weight excluding hydrogens is 250 g/mol. The number of fused-ring (bicyclic) bond motifs is 1. The molecule has 2 heterocycles. The van der Waals surface area contributed by atoms with Crippen LogP contribution in [0.3, 0.4) is 0 Å². The smallest absolute Gasteiger partial charge is 0.245 e. The number of hydrogen-bond donors (Lipinski definition) is 1. The van der Waals surface area contributed by atoms with Crippen LogP contribution >= 0.6 is 0 Å². The van der Waals surface area contributed by atoms with E-state index in [9.17, 15) is 0 Å². The van der Waals surface area contributed by atoms with Gasteiger partial charge in [-0.25, -0.2) is 4.98 Å². The van der Waals surface area contributed by atoms with Crippen molar-refractivity contribution in [3.05, 3.63) is 24.3 Å². The van der Waals surface area contributed by atoms with Crippen LogP contribution in [0.25, 0.3) is 11.0 Å². The van der Waals surface area contributed by atoms with Crippen LogP contribution in [-0.2, 0) is 0 Å². The van der Waals surface area contributed by atoms with E-state index in [0.717, 1.165) is 36.6 Å². The molecule has 0 radical (unpaired) electrons. The first-order chi connectivity index (χ1) is 9.86. The summed E-state index contributed by atoms with van der Waals surface area (Å²) in [6, 6.07) is 8.43. The van der Waals surface area contributed by atoms with Crippen LogP contribution in [0.5, 0.6) is 0 Å². The number of hydrogen-bond acceptors (Lipinski definition) is 5. The fraction of sp³-hybridized carbons (Fsp3) is 0.533. The molecule has 5 nitrogen and oxygen atoms in total. The molecule has 3 rings (SSSR count). The summed E-state index contributed by atoms with van der Waals surface area (Å²) in [4.78, 5) is 6.88. The number of aromatic nitrogens is 3. The van der Waals surface area contributed by atoms with Gasteiger partial charge in [-0.3, -0.25) is 0 Å². The highest BCUT2D eigenvalue weighted by Gasteiger charge is 2.21. The summed E-state index contributed by atoms with van der Waals surface area (Å²) >= 11 is 0. The van der Waals surface area contributed by atoms with Gasteiger partial charge in [0.2, 0.25) is 5.95 Å². The monoisotopic (exact) mass is 271 g/mol. The third kappa shape index (κ3) is 2.88. The lowest BCUT2D eigenvalue weighted by Gasteiger charge is -2.33. The molecule has 0 aliphatic carbocycles. The van der Waals surface area contributed by atoms with Crippen LogP contribution in [0, 0.1) is 0 Å². The summed E-state index contributed by atoms with van der Waals surface area (Å²) in [5.74, 6) is 0.756. The minimum absolute atomic E-state index is 0.541. The Morgan fingerprint density at radius 1 is 1.25 bits per heavy atom. The summed E-state index contributed by atoms with van der Waals surface area (Å²) < 4.78 is 0. The van der Waals surface area contributed by atoms with Gasteiger partial charge < -0.3 is 10.2 Å². The maximum absolute atomic E-state index is 4.64. The summed E-state index contributed by atoms with van der Waals surface area (Å²) in [6.45, 7) is 5.27. The van der Waals surface area contributed by atoms with E-state index in [2.05, 4.69) is 32.3 Å². The van der Waals surface area contributed by atoms with Crippen molar-refractivity contribution in [3.63, 3.8) is 0 Å². The molecule has 1 saturated heterocycles. The first-order valence-corrected chi connectivity index (χ1v) is 7.44. The number of nitrogens with zero attached hydrogens (tertiary/aromatic N) is 4. The minimum atomic E-state index is 0.541. The van der Waals surface area contributed by atoms with Crippen LogP contribution in [0.1, 0.15) is 26.2 Å². The number of anilines is 1. The highest BCUT2D eigenvalue weighted by atomic mass is 15.3. The average Bonchev–Trinajstić information content (AvgIpc) is 2.53. The Balaban J connectivity index is 1.76. The van der Waals surface area contributed by atoms with Crippen molar-refractivity contribution < 1.29 is 0 Å². The lowest BCUT2D eigenvalue weighted by atomic mass is 10.1. The van der Waals surface area contributed by atoms with Gasteiger partial charge in [0.05, 0.1) is 5.52 Å². The Kier molecular flexibility index (Phi) is 4.06. The van der Waals surface area contributed by atoms with Crippen molar-refractivity contribution in [2.45, 2.75) is 32.2 Å². The van der Waals surface area contributed by atoms with Crippen molar-refractivity contribution >= 4 is 17.0 Å². The molecule has 106 valence electrons. The summed E-state index contributed by atoms with van der Waals surface area (Å²) in [5.41, 5.74) is 1.77. The number of piperidine rings is 1. The molecule has 1 aromatic heterocycles. The Morgan fingerprint density at radius 3 is 2.95 bits per heavy atom. The van der Waals surface area contributed by atoms with Crippen molar-refractivity contribution in [2.24, 2.45) is 0 Å². The zero-order valence-electron chi connectivity index (χ0n) is 11.9. The molecule has 1 aromatic carbocycles. The van der Waals surface area contributed by atoms with E-state index in [1.54, 1.807) is 0 Å². The second-order valence-corrected chi connectivity index (χ2v) is 5.34. The van der Waals surface area contributed by atoms with Gasteiger partial charge in [-0.1, -0.05) is 19.1 Å². The lowest BCUT2D eigenvalue weighted by Crippen LogP contribution is -2.46. The van der Waals surface area contributed by atoms with Crippen LogP contribution in [0.4, 0.5) is 5.95 Å². The fourth-order valence-corrected chi connectivity index (χ4v) is 2.68. The van der Waals surface area contributed by atoms with Crippen molar-refractivity contribution in [3.8, 4) is 0 Å². The summed E-state index contributed by atoms with van der Waals surface area (Å²) in [6.07, 6.45) is 3.58. The van der Waals surface area contributed by atoms with Crippen molar-refractivity contribution in [1.29, 1.82) is 0 Å². The van der Waals surface area contributed by atoms with Crippen LogP contribution in [-0.4, -0.2) is 40.9 Å². The summed E-state index contributed by atoms with van der Waals surface area (Å²) in [5, 5.41) is 12.1. The third-order valence-electron chi connectivity index (χ3n) is 3.74. The number of nitrogens with one attached hydrogen (secondary N) is 1. The van der Waals surface area contributed by atoms with Gasteiger partial charge in [0, 0.05) is 19.1 Å². The molecular formula is C15H21N5. The normalized spacial score (nSPS) is 19.4. The number of rotatable bonds is 4. The Labute approximate surface area is 119 Å². The molecule has 0 spiro atoms. The van der Waals surface area contributed by atoms with Gasteiger partial charge in [0.15, 0.2) is 0 Å². The molecule has 1 unspecified atom stereocenters. The van der Waals surface area contributed by atoms with Gasteiger partial charge in [0.25, 0.3) is 0 Å². The molecule has 0 saturated carbocycles. The predicted octanol–water partition coefficient (Wildman–Crippen LogP) is 1.99. The van der Waals surface area contributed by atoms with Gasteiger partial charge in [0.1, 0.15) is 5.52 Å². The van der Waals surface area contributed by atoms with Gasteiger partial charge in [-0.15, -0.1) is 10.2 Å². The second-order valence-electron chi connectivity index (χ2n) is 5.34. The van der Waals surface area contributed by atoms with E-state index in [1.807, 2.05) is 24.3 Å². The number of para-hydroxylation sites is 1. The van der Waals surface area contributed by atoms with Gasteiger partial charge in [-0.2, -0.15) is 0 Å². The molecule has 1 atom stereocenters. The van der Waals surface area contributed by atoms with Crippen LogP contribution in [0.15, 0.2) is 24.3 Å². The van der Waals surface area contributed by atoms with Gasteiger partial charge >= 0.3 is 0 Å². The summed E-state index contributed by atoms with van der Waals surface area (Å²) in [7, 11) is 0.